The molecule has 1 aromatic heterocycles. The molecule has 0 saturated heterocycles. The highest BCUT2D eigenvalue weighted by Gasteiger charge is 2.37. The van der Waals surface area contributed by atoms with Gasteiger partial charge < -0.3 is 31.4 Å². The molecule has 216 valence electrons. The molecule has 8 nitrogen and oxygen atoms in total. The first-order valence-corrected chi connectivity index (χ1v) is 13.3. The van der Waals surface area contributed by atoms with Gasteiger partial charge in [-0.15, -0.1) is 0 Å². The number of nitrogens with two attached hydrogens (primary N) is 2. The highest BCUT2D eigenvalue weighted by molar-refractivity contribution is 5.82. The van der Waals surface area contributed by atoms with E-state index in [1.54, 1.807) is 12.3 Å². The van der Waals surface area contributed by atoms with Crippen LogP contribution in [0.1, 0.15) is 44.5 Å². The lowest BCUT2D eigenvalue weighted by atomic mass is 9.82. The van der Waals surface area contributed by atoms with E-state index in [4.69, 9.17) is 11.5 Å². The van der Waals surface area contributed by atoms with Crippen molar-refractivity contribution in [1.29, 1.82) is 0 Å². The molecule has 0 radical (unpaired) electrons. The number of aromatic nitrogens is 1. The quantitative estimate of drug-likeness (QED) is 0.273. The summed E-state index contributed by atoms with van der Waals surface area (Å²) in [6, 6.07) is 13.2. The maximum absolute atomic E-state index is 14.8. The molecule has 3 rings (SSSR count). The van der Waals surface area contributed by atoms with Crippen molar-refractivity contribution in [3.63, 3.8) is 0 Å². The number of hydrogen-bond donors (Lipinski definition) is 4. The van der Waals surface area contributed by atoms with Crippen molar-refractivity contribution in [1.82, 2.24) is 14.8 Å². The standard InChI is InChI=1S/C30H39F2N5O3/c1-30(2,3)28(37(27(39)19-38)14-11-25(34)29(40)35-13-12-33)26-15-21(23-16-22(31)9-10-24(23)32)18-36(26)17-20-7-5-4-6-8-20/h4-10,15-16,18,25,28,38H,11-14,17,19,33-34H2,1-3H3,(H,35,40)/t25-,28?/m0/s1. The van der Waals surface area contributed by atoms with Crippen molar-refractivity contribution < 1.29 is 23.5 Å². The second-order valence-corrected chi connectivity index (χ2v) is 10.9. The molecule has 0 bridgehead atoms. The number of hydrogen-bond acceptors (Lipinski definition) is 5. The predicted molar refractivity (Wildman–Crippen MR) is 151 cm³/mol. The zero-order valence-electron chi connectivity index (χ0n) is 23.2. The Bertz CT molecular complexity index is 1290. The van der Waals surface area contributed by atoms with Gasteiger partial charge in [-0.2, -0.15) is 0 Å². The molecular weight excluding hydrogens is 516 g/mol. The maximum atomic E-state index is 14.8. The van der Waals surface area contributed by atoms with Gasteiger partial charge in [-0.1, -0.05) is 51.1 Å². The minimum absolute atomic E-state index is 0.0821. The fraction of sp³-hybridized carbons (Fsp3) is 0.400. The van der Waals surface area contributed by atoms with Crippen LogP contribution in [-0.4, -0.2) is 58.7 Å². The molecule has 2 amide bonds. The lowest BCUT2D eigenvalue weighted by molar-refractivity contribution is -0.140. The van der Waals surface area contributed by atoms with Crippen molar-refractivity contribution in [3.05, 3.63) is 83.7 Å². The maximum Gasteiger partial charge on any atom is 0.248 e. The summed E-state index contributed by atoms with van der Waals surface area (Å²) >= 11 is 0. The molecule has 3 aromatic rings. The fourth-order valence-corrected chi connectivity index (χ4v) is 4.84. The Morgan fingerprint density at radius 1 is 1.10 bits per heavy atom. The minimum atomic E-state index is -0.894. The third kappa shape index (κ3) is 7.74. The van der Waals surface area contributed by atoms with Crippen LogP contribution >= 0.6 is 0 Å². The van der Waals surface area contributed by atoms with Gasteiger partial charge in [-0.05, 0) is 41.7 Å². The average molecular weight is 556 g/mol. The second-order valence-electron chi connectivity index (χ2n) is 10.9. The predicted octanol–water partition coefficient (Wildman–Crippen LogP) is 3.18. The Hall–Kier alpha value is -3.60. The molecular formula is C30H39F2N5O3. The Morgan fingerprint density at radius 3 is 2.42 bits per heavy atom. The van der Waals surface area contributed by atoms with Crippen molar-refractivity contribution >= 4 is 11.8 Å². The van der Waals surface area contributed by atoms with E-state index in [1.807, 2.05) is 55.7 Å². The van der Waals surface area contributed by atoms with Crippen LogP contribution in [0.15, 0.2) is 60.8 Å². The topological polar surface area (TPSA) is 127 Å². The van der Waals surface area contributed by atoms with Gasteiger partial charge in [-0.3, -0.25) is 9.59 Å². The van der Waals surface area contributed by atoms with Gasteiger partial charge in [-0.25, -0.2) is 8.78 Å². The highest BCUT2D eigenvalue weighted by atomic mass is 19.1. The normalized spacial score (nSPS) is 13.1. The first-order chi connectivity index (χ1) is 19.0. The van der Waals surface area contributed by atoms with Crippen LogP contribution in [0.2, 0.25) is 0 Å². The molecule has 2 aromatic carbocycles. The first kappa shape index (κ1) is 30.9. The summed E-state index contributed by atoms with van der Waals surface area (Å²) in [4.78, 5) is 27.0. The van der Waals surface area contributed by atoms with Gasteiger partial charge in [0.2, 0.25) is 11.8 Å². The lowest BCUT2D eigenvalue weighted by Gasteiger charge is -2.41. The number of halogens is 2. The van der Waals surface area contributed by atoms with E-state index in [9.17, 15) is 23.5 Å². The Kier molecular flexibility index (Phi) is 10.6. The summed E-state index contributed by atoms with van der Waals surface area (Å²) in [5, 5.41) is 12.5. The molecule has 40 heavy (non-hydrogen) atoms. The van der Waals surface area contributed by atoms with E-state index in [0.29, 0.717) is 17.8 Å². The second kappa shape index (κ2) is 13.6. The third-order valence-electron chi connectivity index (χ3n) is 6.69. The van der Waals surface area contributed by atoms with Crippen LogP contribution in [0.25, 0.3) is 11.1 Å². The average Bonchev–Trinajstić information content (AvgIpc) is 3.32. The summed E-state index contributed by atoms with van der Waals surface area (Å²) in [6.07, 6.45) is 1.88. The fourth-order valence-electron chi connectivity index (χ4n) is 4.84. The zero-order chi connectivity index (χ0) is 29.4. The Labute approximate surface area is 234 Å². The van der Waals surface area contributed by atoms with Gasteiger partial charge in [0.05, 0.1) is 12.1 Å². The van der Waals surface area contributed by atoms with Crippen molar-refractivity contribution in [2.24, 2.45) is 16.9 Å². The number of carbonyl (C=O) groups excluding carboxylic acids is 2. The van der Waals surface area contributed by atoms with Crippen LogP contribution in [0.4, 0.5) is 8.78 Å². The Morgan fingerprint density at radius 2 is 1.80 bits per heavy atom. The van der Waals surface area contributed by atoms with E-state index in [-0.39, 0.29) is 37.5 Å². The van der Waals surface area contributed by atoms with Gasteiger partial charge in [0.1, 0.15) is 18.2 Å². The lowest BCUT2D eigenvalue weighted by Crippen LogP contribution is -2.48. The van der Waals surface area contributed by atoms with Crippen molar-refractivity contribution in [2.45, 2.75) is 45.8 Å². The summed E-state index contributed by atoms with van der Waals surface area (Å²) in [5.74, 6) is -2.07. The number of amides is 2. The van der Waals surface area contributed by atoms with Gasteiger partial charge >= 0.3 is 0 Å². The van der Waals surface area contributed by atoms with E-state index in [1.165, 1.54) is 4.90 Å². The summed E-state index contributed by atoms with van der Waals surface area (Å²) in [7, 11) is 0. The molecule has 0 aliphatic rings. The van der Waals surface area contributed by atoms with E-state index in [0.717, 1.165) is 23.8 Å². The molecule has 0 fully saturated rings. The van der Waals surface area contributed by atoms with Gasteiger partial charge in [0.15, 0.2) is 0 Å². The van der Waals surface area contributed by atoms with Crippen LogP contribution in [0.5, 0.6) is 0 Å². The number of nitrogens with one attached hydrogen (secondary N) is 1. The van der Waals surface area contributed by atoms with Crippen LogP contribution < -0.4 is 16.8 Å². The van der Waals surface area contributed by atoms with E-state index < -0.39 is 41.6 Å². The van der Waals surface area contributed by atoms with Gasteiger partial charge in [0, 0.05) is 49.2 Å². The van der Waals surface area contributed by atoms with Crippen molar-refractivity contribution in [3.8, 4) is 11.1 Å². The molecule has 0 aliphatic heterocycles. The molecule has 1 heterocycles. The zero-order valence-corrected chi connectivity index (χ0v) is 23.2. The monoisotopic (exact) mass is 555 g/mol. The molecule has 6 N–H and O–H groups in total. The summed E-state index contributed by atoms with van der Waals surface area (Å²) in [6.45, 7) is 6.14. The summed E-state index contributed by atoms with van der Waals surface area (Å²) < 4.78 is 30.9. The number of aliphatic hydroxyl groups is 1. The van der Waals surface area contributed by atoms with E-state index >= 15 is 0 Å². The largest absolute Gasteiger partial charge is 0.387 e. The minimum Gasteiger partial charge on any atom is -0.387 e. The number of rotatable bonds is 12. The van der Waals surface area contributed by atoms with Crippen molar-refractivity contribution in [2.75, 3.05) is 26.2 Å². The third-order valence-corrected chi connectivity index (χ3v) is 6.69. The SMILES string of the molecule is CC(C)(C)C(c1cc(-c2cc(F)ccc2F)cn1Cc1ccccc1)N(CC[C@H](N)C(=O)NCCN)C(=O)CO. The highest BCUT2D eigenvalue weighted by Crippen LogP contribution is 2.41. The number of carbonyl (C=O) groups is 2. The van der Waals surface area contributed by atoms with Gasteiger partial charge in [0.25, 0.3) is 0 Å². The molecule has 1 unspecified atom stereocenters. The molecule has 0 aliphatic carbocycles. The van der Waals surface area contributed by atoms with Crippen LogP contribution in [0, 0.1) is 17.0 Å². The number of aliphatic hydroxyl groups excluding tert-OH is 1. The molecule has 2 atom stereocenters. The first-order valence-electron chi connectivity index (χ1n) is 13.3. The smallest absolute Gasteiger partial charge is 0.248 e. The van der Waals surface area contributed by atoms with Crippen LogP contribution in [-0.2, 0) is 16.1 Å². The number of benzene rings is 2. The van der Waals surface area contributed by atoms with E-state index in [2.05, 4.69) is 5.32 Å². The van der Waals surface area contributed by atoms with Crippen LogP contribution in [0.3, 0.4) is 0 Å². The molecule has 0 spiro atoms. The summed E-state index contributed by atoms with van der Waals surface area (Å²) in [5.41, 5.74) is 13.2. The molecule has 10 heteroatoms. The molecule has 0 saturated carbocycles. The number of nitrogens with zero attached hydrogens (tertiary/aromatic N) is 2. The Balaban J connectivity index is 2.10.